The molecule has 7 heteroatoms. The predicted octanol–water partition coefficient (Wildman–Crippen LogP) is 3.63. The van der Waals surface area contributed by atoms with Crippen molar-refractivity contribution in [1.82, 2.24) is 0 Å². The maximum atomic E-state index is 12.9. The third-order valence-electron chi connectivity index (χ3n) is 2.98. The normalized spacial score (nSPS) is 11.4. The van der Waals surface area contributed by atoms with Gasteiger partial charge in [-0.25, -0.2) is 4.79 Å². The first-order chi connectivity index (χ1) is 9.79. The fourth-order valence-electron chi connectivity index (χ4n) is 1.94. The second kappa shape index (κ2) is 5.51. The van der Waals surface area contributed by atoms with Crippen LogP contribution in [0.2, 0.25) is 0 Å². The Hall–Kier alpha value is -2.44. The summed E-state index contributed by atoms with van der Waals surface area (Å²) in [7, 11) is 1.61. The average Bonchev–Trinajstić information content (AvgIpc) is 2.89. The Morgan fingerprint density at radius 1 is 1.33 bits per heavy atom. The highest BCUT2D eigenvalue weighted by atomic mass is 19.4. The first-order valence-electron chi connectivity index (χ1n) is 5.96. The lowest BCUT2D eigenvalue weighted by Gasteiger charge is -2.20. The van der Waals surface area contributed by atoms with Crippen LogP contribution in [-0.4, -0.2) is 18.1 Å². The molecule has 1 aromatic carbocycles. The van der Waals surface area contributed by atoms with Gasteiger partial charge in [0.05, 0.1) is 23.7 Å². The van der Waals surface area contributed by atoms with Crippen molar-refractivity contribution in [2.75, 3.05) is 11.9 Å². The molecule has 112 valence electrons. The second-order valence-corrected chi connectivity index (χ2v) is 4.52. The molecule has 0 atom stereocenters. The summed E-state index contributed by atoms with van der Waals surface area (Å²) in [4.78, 5) is 12.5. The van der Waals surface area contributed by atoms with Crippen molar-refractivity contribution in [2.45, 2.75) is 12.7 Å². The number of benzene rings is 1. The van der Waals surface area contributed by atoms with Crippen molar-refractivity contribution in [2.24, 2.45) is 0 Å². The van der Waals surface area contributed by atoms with Gasteiger partial charge in [0.15, 0.2) is 0 Å². The molecule has 0 saturated heterocycles. The summed E-state index contributed by atoms with van der Waals surface area (Å²) in [6, 6.07) is 4.85. The molecule has 0 saturated carbocycles. The van der Waals surface area contributed by atoms with E-state index in [9.17, 15) is 18.0 Å². The molecule has 0 radical (unpaired) electrons. The van der Waals surface area contributed by atoms with Crippen LogP contribution in [0.5, 0.6) is 0 Å². The van der Waals surface area contributed by atoms with Crippen LogP contribution in [0.3, 0.4) is 0 Å². The van der Waals surface area contributed by atoms with Gasteiger partial charge in [0.2, 0.25) is 0 Å². The minimum absolute atomic E-state index is 0.272. The lowest BCUT2D eigenvalue weighted by atomic mass is 10.1. The van der Waals surface area contributed by atoms with E-state index in [0.29, 0.717) is 6.54 Å². The molecule has 0 bridgehead atoms. The third-order valence-corrected chi connectivity index (χ3v) is 2.98. The highest BCUT2D eigenvalue weighted by molar-refractivity contribution is 5.90. The van der Waals surface area contributed by atoms with Crippen molar-refractivity contribution in [3.8, 4) is 0 Å². The SMILES string of the molecule is CN(Cc1ccoc1)c1ccc(C(=O)O)c(C(F)(F)F)c1. The molecule has 0 amide bonds. The number of halogens is 3. The monoisotopic (exact) mass is 299 g/mol. The Morgan fingerprint density at radius 2 is 2.05 bits per heavy atom. The molecule has 0 unspecified atom stereocenters. The summed E-state index contributed by atoms with van der Waals surface area (Å²) in [5, 5.41) is 8.84. The molecule has 2 aromatic rings. The highest BCUT2D eigenvalue weighted by Gasteiger charge is 2.35. The highest BCUT2D eigenvalue weighted by Crippen LogP contribution is 2.34. The molecule has 0 aliphatic rings. The summed E-state index contributed by atoms with van der Waals surface area (Å²) in [5.74, 6) is -1.61. The lowest BCUT2D eigenvalue weighted by Crippen LogP contribution is -2.19. The molecule has 21 heavy (non-hydrogen) atoms. The van der Waals surface area contributed by atoms with Gasteiger partial charge in [-0.05, 0) is 24.3 Å². The standard InChI is InChI=1S/C14H12F3NO3/c1-18(7-9-4-5-21-8-9)10-2-3-11(13(19)20)12(6-10)14(15,16)17/h2-6,8H,7H2,1H3,(H,19,20). The fraction of sp³-hybridized carbons (Fsp3) is 0.214. The number of carboxylic acids is 1. The van der Waals surface area contributed by atoms with Gasteiger partial charge < -0.3 is 14.4 Å². The van der Waals surface area contributed by atoms with Crippen LogP contribution < -0.4 is 4.90 Å². The maximum Gasteiger partial charge on any atom is 0.417 e. The number of hydrogen-bond donors (Lipinski definition) is 1. The molecule has 4 nitrogen and oxygen atoms in total. The zero-order valence-electron chi connectivity index (χ0n) is 11.0. The summed E-state index contributed by atoms with van der Waals surface area (Å²) in [6.45, 7) is 0.347. The molecule has 2 rings (SSSR count). The van der Waals surface area contributed by atoms with Gasteiger partial charge in [-0.2, -0.15) is 13.2 Å². The van der Waals surface area contributed by atoms with Crippen LogP contribution in [0.25, 0.3) is 0 Å². The van der Waals surface area contributed by atoms with Crippen molar-refractivity contribution in [3.05, 3.63) is 53.5 Å². The van der Waals surface area contributed by atoms with Crippen LogP contribution in [0.15, 0.2) is 41.2 Å². The average molecular weight is 299 g/mol. The van der Waals surface area contributed by atoms with Gasteiger partial charge >= 0.3 is 12.1 Å². The summed E-state index contributed by atoms with van der Waals surface area (Å²) in [6.07, 6.45) is -1.76. The molecule has 0 spiro atoms. The Morgan fingerprint density at radius 3 is 2.57 bits per heavy atom. The minimum Gasteiger partial charge on any atom is -0.478 e. The van der Waals surface area contributed by atoms with Crippen LogP contribution in [0, 0.1) is 0 Å². The largest absolute Gasteiger partial charge is 0.478 e. The molecule has 0 aliphatic heterocycles. The number of hydrogen-bond acceptors (Lipinski definition) is 3. The van der Waals surface area contributed by atoms with Crippen molar-refractivity contribution < 1.29 is 27.5 Å². The van der Waals surface area contributed by atoms with Gasteiger partial charge in [0.25, 0.3) is 0 Å². The van der Waals surface area contributed by atoms with Gasteiger partial charge in [0, 0.05) is 24.8 Å². The number of nitrogens with zero attached hydrogens (tertiary/aromatic N) is 1. The maximum absolute atomic E-state index is 12.9. The van der Waals surface area contributed by atoms with Crippen molar-refractivity contribution >= 4 is 11.7 Å². The Balaban J connectivity index is 2.35. The number of furan rings is 1. The predicted molar refractivity (Wildman–Crippen MR) is 69.2 cm³/mol. The number of rotatable bonds is 4. The quantitative estimate of drug-likeness (QED) is 0.936. The Bertz CT molecular complexity index is 635. The van der Waals surface area contributed by atoms with Gasteiger partial charge in [-0.3, -0.25) is 0 Å². The van der Waals surface area contributed by atoms with E-state index in [-0.39, 0.29) is 5.69 Å². The van der Waals surface area contributed by atoms with E-state index in [1.165, 1.54) is 18.6 Å². The number of alkyl halides is 3. The second-order valence-electron chi connectivity index (χ2n) is 4.52. The third kappa shape index (κ3) is 3.36. The van der Waals surface area contributed by atoms with Crippen LogP contribution in [0.1, 0.15) is 21.5 Å². The lowest BCUT2D eigenvalue weighted by molar-refractivity contribution is -0.138. The molecule has 1 N–H and O–H groups in total. The first-order valence-corrected chi connectivity index (χ1v) is 5.96. The smallest absolute Gasteiger partial charge is 0.417 e. The van der Waals surface area contributed by atoms with E-state index < -0.39 is 23.3 Å². The van der Waals surface area contributed by atoms with Gasteiger partial charge in [-0.15, -0.1) is 0 Å². The first kappa shape index (κ1) is 15.0. The molecular weight excluding hydrogens is 287 g/mol. The van der Waals surface area contributed by atoms with Crippen molar-refractivity contribution in [1.29, 1.82) is 0 Å². The molecule has 0 aliphatic carbocycles. The van der Waals surface area contributed by atoms with Crippen molar-refractivity contribution in [3.63, 3.8) is 0 Å². The van der Waals surface area contributed by atoms with Crippen LogP contribution in [-0.2, 0) is 12.7 Å². The minimum atomic E-state index is -4.72. The van der Waals surface area contributed by atoms with E-state index in [1.807, 2.05) is 0 Å². The van der Waals surface area contributed by atoms with Gasteiger partial charge in [-0.1, -0.05) is 0 Å². The molecule has 1 heterocycles. The number of anilines is 1. The van der Waals surface area contributed by atoms with E-state index in [1.54, 1.807) is 18.0 Å². The van der Waals surface area contributed by atoms with E-state index in [0.717, 1.165) is 17.7 Å². The van der Waals surface area contributed by atoms with Gasteiger partial charge in [0.1, 0.15) is 0 Å². The summed E-state index contributed by atoms with van der Waals surface area (Å²) >= 11 is 0. The molecule has 1 aromatic heterocycles. The van der Waals surface area contributed by atoms with E-state index in [2.05, 4.69) is 0 Å². The van der Waals surface area contributed by atoms with E-state index in [4.69, 9.17) is 9.52 Å². The van der Waals surface area contributed by atoms with E-state index >= 15 is 0 Å². The molecular formula is C14H12F3NO3. The van der Waals surface area contributed by atoms with Crippen LogP contribution >= 0.6 is 0 Å². The zero-order valence-corrected chi connectivity index (χ0v) is 11.0. The summed E-state index contributed by atoms with van der Waals surface area (Å²) in [5.41, 5.74) is -0.851. The summed E-state index contributed by atoms with van der Waals surface area (Å²) < 4.78 is 43.7. The Kier molecular flexibility index (Phi) is 3.93. The zero-order chi connectivity index (χ0) is 15.6. The Labute approximate surface area is 118 Å². The number of carboxylic acid groups (broad SMARTS) is 1. The molecule has 0 fully saturated rings. The van der Waals surface area contributed by atoms with Crippen LogP contribution in [0.4, 0.5) is 18.9 Å². The number of carbonyl (C=O) groups is 1. The number of aromatic carboxylic acids is 1. The fourth-order valence-corrected chi connectivity index (χ4v) is 1.94. The topological polar surface area (TPSA) is 53.7 Å².